The van der Waals surface area contributed by atoms with Gasteiger partial charge in [0.25, 0.3) is 0 Å². The van der Waals surface area contributed by atoms with E-state index in [-0.39, 0.29) is 0 Å². The van der Waals surface area contributed by atoms with Crippen LogP contribution >= 0.6 is 0 Å². The van der Waals surface area contributed by atoms with Crippen LogP contribution in [0, 0.1) is 0 Å². The summed E-state index contributed by atoms with van der Waals surface area (Å²) in [6.45, 7) is 7.09. The van der Waals surface area contributed by atoms with Crippen LogP contribution in [0.4, 0.5) is 0 Å². The molecule has 1 N–H and O–H groups in total. The van der Waals surface area contributed by atoms with E-state index >= 15 is 0 Å². The van der Waals surface area contributed by atoms with E-state index in [2.05, 4.69) is 25.9 Å². The summed E-state index contributed by atoms with van der Waals surface area (Å²) < 4.78 is 1.73. The van der Waals surface area contributed by atoms with Crippen LogP contribution < -0.4 is 0 Å². The van der Waals surface area contributed by atoms with Crippen LogP contribution in [0.1, 0.15) is 44.9 Å². The molecule has 0 aliphatic carbocycles. The molecule has 1 heterocycles. The molecule has 0 bridgehead atoms. The van der Waals surface area contributed by atoms with E-state index in [1.165, 1.54) is 0 Å². The molecule has 3 nitrogen and oxygen atoms in total. The number of nitrogens with zero attached hydrogens (tertiary/aromatic N) is 2. The number of aromatic nitrogens is 2. The summed E-state index contributed by atoms with van der Waals surface area (Å²) in [6, 6.07) is 0. The van der Waals surface area contributed by atoms with Gasteiger partial charge in [-0.25, -0.2) is 4.68 Å². The van der Waals surface area contributed by atoms with Gasteiger partial charge in [0.15, 0.2) is 0 Å². The van der Waals surface area contributed by atoms with Crippen molar-refractivity contribution in [1.29, 1.82) is 0 Å². The molecule has 0 atom stereocenters. The van der Waals surface area contributed by atoms with Crippen molar-refractivity contribution in [1.82, 2.24) is 9.78 Å². The number of rotatable bonds is 5. The molecular weight excluding hydrogens is 176 g/mol. The number of aryl methyl sites for hydroxylation is 2. The fourth-order valence-corrected chi connectivity index (χ4v) is 1.71. The third-order valence-corrected chi connectivity index (χ3v) is 2.38. The van der Waals surface area contributed by atoms with E-state index in [0.717, 1.165) is 43.5 Å². The van der Waals surface area contributed by atoms with Crippen LogP contribution in [-0.4, -0.2) is 14.9 Å². The lowest BCUT2D eigenvalue weighted by molar-refractivity contribution is 0.393. The molecule has 0 aliphatic heterocycles. The second-order valence-electron chi connectivity index (χ2n) is 3.58. The fraction of sp³-hybridized carbons (Fsp3) is 0.727. The van der Waals surface area contributed by atoms with Crippen LogP contribution in [0.2, 0.25) is 0 Å². The van der Waals surface area contributed by atoms with Crippen molar-refractivity contribution in [3.8, 4) is 5.88 Å². The predicted molar refractivity (Wildman–Crippen MR) is 57.6 cm³/mol. The molecule has 0 saturated heterocycles. The molecule has 80 valence electrons. The molecule has 1 aromatic rings. The summed E-state index contributed by atoms with van der Waals surface area (Å²) in [5, 5.41) is 14.3. The highest BCUT2D eigenvalue weighted by Crippen LogP contribution is 2.23. The van der Waals surface area contributed by atoms with Crippen molar-refractivity contribution in [2.75, 3.05) is 0 Å². The van der Waals surface area contributed by atoms with Crippen LogP contribution in [0.15, 0.2) is 0 Å². The Bertz CT molecular complexity index is 292. The largest absolute Gasteiger partial charge is 0.493 e. The second kappa shape index (κ2) is 5.03. The van der Waals surface area contributed by atoms with Gasteiger partial charge in [0.2, 0.25) is 5.88 Å². The topological polar surface area (TPSA) is 38.0 Å². The Kier molecular flexibility index (Phi) is 3.98. The lowest BCUT2D eigenvalue weighted by Crippen LogP contribution is -1.98. The highest BCUT2D eigenvalue weighted by Gasteiger charge is 2.13. The molecule has 1 aromatic heterocycles. The molecule has 0 amide bonds. The normalized spacial score (nSPS) is 10.8. The Morgan fingerprint density at radius 1 is 1.21 bits per heavy atom. The predicted octanol–water partition coefficient (Wildman–Crippen LogP) is 2.51. The summed E-state index contributed by atoms with van der Waals surface area (Å²) in [5.41, 5.74) is 2.10. The maximum atomic E-state index is 9.87. The Morgan fingerprint density at radius 3 is 2.43 bits per heavy atom. The molecule has 0 spiro atoms. The first-order chi connectivity index (χ1) is 6.74. The molecular formula is C11H20N2O. The van der Waals surface area contributed by atoms with Crippen molar-refractivity contribution >= 4 is 0 Å². The van der Waals surface area contributed by atoms with Crippen LogP contribution in [0.25, 0.3) is 0 Å². The lowest BCUT2D eigenvalue weighted by atomic mass is 10.1. The highest BCUT2D eigenvalue weighted by atomic mass is 16.3. The first kappa shape index (κ1) is 11.1. The maximum Gasteiger partial charge on any atom is 0.212 e. The molecule has 0 unspecified atom stereocenters. The summed E-state index contributed by atoms with van der Waals surface area (Å²) in [5.74, 6) is 0.373. The van der Waals surface area contributed by atoms with E-state index in [4.69, 9.17) is 0 Å². The third-order valence-electron chi connectivity index (χ3n) is 2.38. The average Bonchev–Trinajstić information content (AvgIpc) is 2.45. The van der Waals surface area contributed by atoms with Gasteiger partial charge in [0.05, 0.1) is 5.69 Å². The van der Waals surface area contributed by atoms with Crippen molar-refractivity contribution in [3.63, 3.8) is 0 Å². The van der Waals surface area contributed by atoms with Crippen LogP contribution in [0.3, 0.4) is 0 Å². The molecule has 3 heteroatoms. The average molecular weight is 196 g/mol. The SMILES string of the molecule is CCCc1nn(CCC)c(O)c1CC. The van der Waals surface area contributed by atoms with Crippen LogP contribution in [0.5, 0.6) is 5.88 Å². The number of hydrogen-bond acceptors (Lipinski definition) is 2. The van der Waals surface area contributed by atoms with Gasteiger partial charge < -0.3 is 5.11 Å². The molecule has 0 aliphatic rings. The maximum absolute atomic E-state index is 9.87. The highest BCUT2D eigenvalue weighted by molar-refractivity contribution is 5.30. The molecule has 0 fully saturated rings. The smallest absolute Gasteiger partial charge is 0.212 e. The Balaban J connectivity index is 2.97. The minimum absolute atomic E-state index is 0.373. The van der Waals surface area contributed by atoms with E-state index in [1.807, 2.05) is 0 Å². The Morgan fingerprint density at radius 2 is 1.93 bits per heavy atom. The zero-order valence-electron chi connectivity index (χ0n) is 9.38. The fourth-order valence-electron chi connectivity index (χ4n) is 1.71. The molecule has 0 aromatic carbocycles. The number of aromatic hydroxyl groups is 1. The minimum atomic E-state index is 0.373. The van der Waals surface area contributed by atoms with Gasteiger partial charge in [0.1, 0.15) is 0 Å². The molecule has 0 radical (unpaired) electrons. The van der Waals surface area contributed by atoms with Gasteiger partial charge >= 0.3 is 0 Å². The summed E-state index contributed by atoms with van der Waals surface area (Å²) >= 11 is 0. The molecule has 0 saturated carbocycles. The van der Waals surface area contributed by atoms with E-state index in [9.17, 15) is 5.11 Å². The minimum Gasteiger partial charge on any atom is -0.493 e. The third kappa shape index (κ3) is 2.08. The standard InChI is InChI=1S/C11H20N2O/c1-4-7-10-9(6-3)11(14)13(12-10)8-5-2/h14H,4-8H2,1-3H3. The van der Waals surface area contributed by atoms with Crippen molar-refractivity contribution in [2.24, 2.45) is 0 Å². The van der Waals surface area contributed by atoms with Crippen LogP contribution in [-0.2, 0) is 19.4 Å². The zero-order chi connectivity index (χ0) is 10.6. The van der Waals surface area contributed by atoms with Crippen molar-refractivity contribution < 1.29 is 5.11 Å². The second-order valence-corrected chi connectivity index (χ2v) is 3.58. The van der Waals surface area contributed by atoms with Gasteiger partial charge in [-0.05, 0) is 19.3 Å². The van der Waals surface area contributed by atoms with Crippen molar-refractivity contribution in [3.05, 3.63) is 11.3 Å². The number of hydrogen-bond donors (Lipinski definition) is 1. The van der Waals surface area contributed by atoms with E-state index < -0.39 is 0 Å². The Hall–Kier alpha value is -0.990. The van der Waals surface area contributed by atoms with Gasteiger partial charge in [-0.1, -0.05) is 27.2 Å². The van der Waals surface area contributed by atoms with Gasteiger partial charge in [-0.2, -0.15) is 5.10 Å². The van der Waals surface area contributed by atoms with E-state index in [1.54, 1.807) is 4.68 Å². The van der Waals surface area contributed by atoms with Gasteiger partial charge in [0, 0.05) is 12.1 Å². The van der Waals surface area contributed by atoms with Crippen molar-refractivity contribution in [2.45, 2.75) is 53.0 Å². The molecule has 14 heavy (non-hydrogen) atoms. The monoisotopic (exact) mass is 196 g/mol. The zero-order valence-corrected chi connectivity index (χ0v) is 9.38. The summed E-state index contributed by atoms with van der Waals surface area (Å²) in [4.78, 5) is 0. The Labute approximate surface area is 85.8 Å². The van der Waals surface area contributed by atoms with E-state index in [0.29, 0.717) is 5.88 Å². The summed E-state index contributed by atoms with van der Waals surface area (Å²) in [7, 11) is 0. The van der Waals surface area contributed by atoms with Gasteiger partial charge in [-0.15, -0.1) is 0 Å². The lowest BCUT2D eigenvalue weighted by Gasteiger charge is -1.99. The molecule has 1 rings (SSSR count). The van der Waals surface area contributed by atoms with Gasteiger partial charge in [-0.3, -0.25) is 0 Å². The first-order valence-electron chi connectivity index (χ1n) is 5.52. The summed E-state index contributed by atoms with van der Waals surface area (Å²) in [6.07, 6.45) is 3.91. The first-order valence-corrected chi connectivity index (χ1v) is 5.52. The quantitative estimate of drug-likeness (QED) is 0.785.